The van der Waals surface area contributed by atoms with Crippen molar-refractivity contribution < 1.29 is 19.0 Å². The van der Waals surface area contributed by atoms with Crippen molar-refractivity contribution >= 4 is 51.9 Å². The fourth-order valence-electron chi connectivity index (χ4n) is 3.52. The molecule has 12 heteroatoms. The summed E-state index contributed by atoms with van der Waals surface area (Å²) in [5, 5.41) is 2.97. The molecule has 0 saturated carbocycles. The van der Waals surface area contributed by atoms with Gasteiger partial charge in [0.1, 0.15) is 6.54 Å². The Morgan fingerprint density at radius 2 is 1.81 bits per heavy atom. The number of thioether (sulfide) groups is 1. The smallest absolute Gasteiger partial charge is 0.244 e. The van der Waals surface area contributed by atoms with Gasteiger partial charge in [-0.1, -0.05) is 0 Å². The number of imidazole rings is 1. The number of carbonyl (C=O) groups is 1. The Hall–Kier alpha value is -2.92. The van der Waals surface area contributed by atoms with Crippen LogP contribution < -0.4 is 24.4 Å². The van der Waals surface area contributed by atoms with Crippen LogP contribution in [0.25, 0.3) is 11.2 Å². The third-order valence-electron chi connectivity index (χ3n) is 4.99. The molecule has 1 saturated heterocycles. The zero-order valence-electron chi connectivity index (χ0n) is 17.9. The van der Waals surface area contributed by atoms with E-state index < -0.39 is 0 Å². The number of anilines is 2. The summed E-state index contributed by atoms with van der Waals surface area (Å²) in [5.74, 6) is 3.79. The Kier molecular flexibility index (Phi) is 6.75. The van der Waals surface area contributed by atoms with Gasteiger partial charge in [0.2, 0.25) is 16.9 Å². The third-order valence-corrected chi connectivity index (χ3v) is 6.10. The molecule has 4 rings (SSSR count). The van der Waals surface area contributed by atoms with E-state index in [2.05, 4.69) is 25.2 Å². The second kappa shape index (κ2) is 9.70. The first-order chi connectivity index (χ1) is 15.5. The maximum Gasteiger partial charge on any atom is 0.244 e. The highest BCUT2D eigenvalue weighted by Crippen LogP contribution is 2.40. The first kappa shape index (κ1) is 22.3. The SMILES string of the molecule is COc1cc(NC(=O)Cn2cnc3c(N4CCSCC4)nc(Cl)nc32)cc(OC)c1OC. The van der Waals surface area contributed by atoms with Crippen LogP contribution in [0.2, 0.25) is 5.28 Å². The summed E-state index contributed by atoms with van der Waals surface area (Å²) >= 11 is 8.10. The second-order valence-corrected chi connectivity index (χ2v) is 8.49. The maximum atomic E-state index is 12.8. The van der Waals surface area contributed by atoms with Crippen molar-refractivity contribution in [1.82, 2.24) is 19.5 Å². The van der Waals surface area contributed by atoms with E-state index in [1.807, 2.05) is 11.8 Å². The number of methoxy groups -OCH3 is 3. The predicted molar refractivity (Wildman–Crippen MR) is 125 cm³/mol. The topological polar surface area (TPSA) is 104 Å². The minimum Gasteiger partial charge on any atom is -0.493 e. The number of halogens is 1. The van der Waals surface area contributed by atoms with Gasteiger partial charge in [0.15, 0.2) is 28.5 Å². The highest BCUT2D eigenvalue weighted by atomic mass is 35.5. The molecule has 0 atom stereocenters. The van der Waals surface area contributed by atoms with Crippen molar-refractivity contribution in [2.24, 2.45) is 0 Å². The largest absolute Gasteiger partial charge is 0.493 e. The van der Waals surface area contributed by atoms with Crippen LogP contribution >= 0.6 is 23.4 Å². The molecule has 3 heterocycles. The molecule has 0 bridgehead atoms. The standard InChI is InChI=1S/C20H23ClN6O4S/c1-29-13-8-12(9-14(30-2)17(13)31-3)23-15(28)10-27-11-22-16-18(24-20(21)25-19(16)27)26-4-6-32-7-5-26/h8-9,11H,4-7,10H2,1-3H3,(H,23,28). The van der Waals surface area contributed by atoms with E-state index in [-0.39, 0.29) is 17.7 Å². The first-order valence-electron chi connectivity index (χ1n) is 9.85. The molecule has 0 radical (unpaired) electrons. The quantitative estimate of drug-likeness (QED) is 0.513. The molecule has 10 nitrogen and oxygen atoms in total. The molecule has 1 fully saturated rings. The monoisotopic (exact) mass is 478 g/mol. The normalized spacial score (nSPS) is 13.8. The van der Waals surface area contributed by atoms with Crippen molar-refractivity contribution in [3.05, 3.63) is 23.7 Å². The van der Waals surface area contributed by atoms with Crippen LogP contribution in [0.5, 0.6) is 17.2 Å². The summed E-state index contributed by atoms with van der Waals surface area (Å²) < 4.78 is 17.6. The number of nitrogens with zero attached hydrogens (tertiary/aromatic N) is 5. The van der Waals surface area contributed by atoms with Gasteiger partial charge >= 0.3 is 0 Å². The van der Waals surface area contributed by atoms with Crippen LogP contribution in [-0.2, 0) is 11.3 Å². The van der Waals surface area contributed by atoms with Crippen molar-refractivity contribution in [3.8, 4) is 17.2 Å². The lowest BCUT2D eigenvalue weighted by atomic mass is 10.2. The van der Waals surface area contributed by atoms with Gasteiger partial charge in [0.25, 0.3) is 0 Å². The number of amides is 1. The van der Waals surface area contributed by atoms with Gasteiger partial charge in [-0.2, -0.15) is 21.7 Å². The average molecular weight is 479 g/mol. The molecule has 1 aliphatic heterocycles. The van der Waals surface area contributed by atoms with E-state index in [0.29, 0.717) is 39.9 Å². The fourth-order valence-corrected chi connectivity index (χ4v) is 4.59. The van der Waals surface area contributed by atoms with Crippen molar-refractivity contribution in [3.63, 3.8) is 0 Å². The van der Waals surface area contributed by atoms with Crippen molar-refractivity contribution in [2.45, 2.75) is 6.54 Å². The Morgan fingerprint density at radius 1 is 1.12 bits per heavy atom. The number of benzene rings is 1. The zero-order valence-corrected chi connectivity index (χ0v) is 19.5. The molecular formula is C20H23ClN6O4S. The molecule has 1 N–H and O–H groups in total. The second-order valence-electron chi connectivity index (χ2n) is 6.92. The maximum absolute atomic E-state index is 12.8. The Labute approximate surface area is 194 Å². The summed E-state index contributed by atoms with van der Waals surface area (Å²) in [7, 11) is 4.55. The van der Waals surface area contributed by atoms with Crippen LogP contribution in [0.1, 0.15) is 0 Å². The van der Waals surface area contributed by atoms with E-state index in [9.17, 15) is 4.79 Å². The molecule has 0 aliphatic carbocycles. The molecule has 32 heavy (non-hydrogen) atoms. The molecule has 1 aromatic carbocycles. The molecule has 1 amide bonds. The number of carbonyl (C=O) groups excluding carboxylic acids is 1. The summed E-state index contributed by atoms with van der Waals surface area (Å²) in [6.45, 7) is 1.72. The molecule has 0 unspecified atom stereocenters. The minimum absolute atomic E-state index is 0.00417. The summed E-state index contributed by atoms with van der Waals surface area (Å²) in [5.41, 5.74) is 1.65. The lowest BCUT2D eigenvalue weighted by Crippen LogP contribution is -2.33. The van der Waals surface area contributed by atoms with Gasteiger partial charge < -0.3 is 29.0 Å². The van der Waals surface area contributed by atoms with Gasteiger partial charge in [-0.25, -0.2) is 4.98 Å². The molecule has 170 valence electrons. The lowest BCUT2D eigenvalue weighted by molar-refractivity contribution is -0.116. The van der Waals surface area contributed by atoms with Crippen LogP contribution in [0.15, 0.2) is 18.5 Å². The summed E-state index contributed by atoms with van der Waals surface area (Å²) in [4.78, 5) is 28.1. The molecule has 2 aromatic heterocycles. The number of rotatable bonds is 7. The molecule has 3 aromatic rings. The van der Waals surface area contributed by atoms with E-state index in [1.54, 1.807) is 23.0 Å². The minimum atomic E-state index is -0.274. The highest BCUT2D eigenvalue weighted by Gasteiger charge is 2.21. The van der Waals surface area contributed by atoms with Crippen LogP contribution in [0.3, 0.4) is 0 Å². The van der Waals surface area contributed by atoms with E-state index in [4.69, 9.17) is 25.8 Å². The van der Waals surface area contributed by atoms with Gasteiger partial charge in [-0.05, 0) is 11.6 Å². The van der Waals surface area contributed by atoms with Crippen LogP contribution in [-0.4, -0.2) is 71.4 Å². The Balaban J connectivity index is 1.58. The Bertz CT molecular complexity index is 1110. The number of hydrogen-bond acceptors (Lipinski definition) is 9. The Morgan fingerprint density at radius 3 is 2.44 bits per heavy atom. The average Bonchev–Trinajstić information content (AvgIpc) is 3.20. The molecule has 0 spiro atoms. The first-order valence-corrected chi connectivity index (χ1v) is 11.4. The summed E-state index contributed by atoms with van der Waals surface area (Å²) in [6.07, 6.45) is 1.58. The molecule has 1 aliphatic rings. The number of fused-ring (bicyclic) bond motifs is 1. The van der Waals surface area contributed by atoms with Crippen LogP contribution in [0, 0.1) is 0 Å². The van der Waals surface area contributed by atoms with Crippen molar-refractivity contribution in [1.29, 1.82) is 0 Å². The lowest BCUT2D eigenvalue weighted by Gasteiger charge is -2.27. The predicted octanol–water partition coefficient (Wildman–Crippen LogP) is 2.70. The summed E-state index contributed by atoms with van der Waals surface area (Å²) in [6, 6.07) is 3.33. The van der Waals surface area contributed by atoms with E-state index in [1.165, 1.54) is 21.3 Å². The number of nitrogens with one attached hydrogen (secondary N) is 1. The molecular weight excluding hydrogens is 456 g/mol. The van der Waals surface area contributed by atoms with Gasteiger partial charge in [0.05, 0.1) is 27.7 Å². The van der Waals surface area contributed by atoms with Gasteiger partial charge in [0, 0.05) is 42.4 Å². The van der Waals surface area contributed by atoms with Gasteiger partial charge in [-0.3, -0.25) is 4.79 Å². The van der Waals surface area contributed by atoms with Gasteiger partial charge in [-0.15, -0.1) is 0 Å². The van der Waals surface area contributed by atoms with Crippen LogP contribution in [0.4, 0.5) is 11.5 Å². The van der Waals surface area contributed by atoms with E-state index in [0.717, 1.165) is 24.6 Å². The van der Waals surface area contributed by atoms with Crippen molar-refractivity contribution in [2.75, 3.05) is 56.1 Å². The number of aromatic nitrogens is 4. The zero-order chi connectivity index (χ0) is 22.7. The number of hydrogen-bond donors (Lipinski definition) is 1. The fraction of sp³-hybridized carbons (Fsp3) is 0.400. The third kappa shape index (κ3) is 4.49. The van der Waals surface area contributed by atoms with E-state index >= 15 is 0 Å². The number of ether oxygens (including phenoxy) is 3. The highest BCUT2D eigenvalue weighted by molar-refractivity contribution is 7.99.